The second kappa shape index (κ2) is 4.34. The molecule has 0 saturated heterocycles. The van der Waals surface area contributed by atoms with Crippen LogP contribution in [0.3, 0.4) is 0 Å². The van der Waals surface area contributed by atoms with Crippen molar-refractivity contribution >= 4 is 5.97 Å². The van der Waals surface area contributed by atoms with Gasteiger partial charge in [-0.2, -0.15) is 5.90 Å². The van der Waals surface area contributed by atoms with E-state index in [0.717, 1.165) is 19.3 Å². The molecule has 0 aromatic heterocycles. The largest absolute Gasteiger partial charge is 0.373 e. The maximum absolute atomic E-state index is 11.2. The summed E-state index contributed by atoms with van der Waals surface area (Å²) in [5.74, 6) is 4.55. The van der Waals surface area contributed by atoms with Gasteiger partial charge in [0.25, 0.3) is 0 Å². The van der Waals surface area contributed by atoms with Crippen molar-refractivity contribution in [2.45, 2.75) is 40.0 Å². The van der Waals surface area contributed by atoms with E-state index in [9.17, 15) is 4.79 Å². The summed E-state index contributed by atoms with van der Waals surface area (Å²) in [5.41, 5.74) is -0.352. The second-order valence-corrected chi connectivity index (χ2v) is 2.75. The molecule has 2 N–H and O–H groups in total. The lowest BCUT2D eigenvalue weighted by Crippen LogP contribution is -2.32. The van der Waals surface area contributed by atoms with E-state index in [4.69, 9.17) is 5.90 Å². The Kier molecular flexibility index (Phi) is 4.11. The van der Waals surface area contributed by atoms with Gasteiger partial charge in [0.2, 0.25) is 0 Å². The molecule has 0 heterocycles. The second-order valence-electron chi connectivity index (χ2n) is 2.75. The van der Waals surface area contributed by atoms with Crippen molar-refractivity contribution in [3.8, 4) is 0 Å². The molecule has 3 heteroatoms. The predicted octanol–water partition coefficient (Wildman–Crippen LogP) is 1.62. The Labute approximate surface area is 67.9 Å². The van der Waals surface area contributed by atoms with E-state index in [1.807, 2.05) is 20.8 Å². The molecule has 0 rings (SSSR count). The van der Waals surface area contributed by atoms with Crippen molar-refractivity contribution in [2.24, 2.45) is 11.3 Å². The number of carbonyl (C=O) groups is 1. The molecule has 0 fully saturated rings. The van der Waals surface area contributed by atoms with Gasteiger partial charge in [-0.1, -0.05) is 20.8 Å². The van der Waals surface area contributed by atoms with E-state index in [0.29, 0.717) is 0 Å². The van der Waals surface area contributed by atoms with Gasteiger partial charge >= 0.3 is 5.97 Å². The minimum Gasteiger partial charge on any atom is -0.373 e. The van der Waals surface area contributed by atoms with Gasteiger partial charge in [-0.3, -0.25) is 0 Å². The molecule has 0 saturated carbocycles. The lowest BCUT2D eigenvalue weighted by Gasteiger charge is -2.25. The number of hydrogen-bond acceptors (Lipinski definition) is 3. The summed E-state index contributed by atoms with van der Waals surface area (Å²) < 4.78 is 0. The molecule has 0 atom stereocenters. The van der Waals surface area contributed by atoms with Gasteiger partial charge in [0, 0.05) is 0 Å². The Bertz CT molecular complexity index is 122. The lowest BCUT2D eigenvalue weighted by atomic mass is 9.80. The number of nitrogens with two attached hydrogens (primary N) is 1. The zero-order valence-corrected chi connectivity index (χ0v) is 7.52. The maximum Gasteiger partial charge on any atom is 0.330 e. The van der Waals surface area contributed by atoms with Crippen LogP contribution in [-0.2, 0) is 9.63 Å². The molecule has 0 aliphatic heterocycles. The first-order valence-electron chi connectivity index (χ1n) is 4.08. The van der Waals surface area contributed by atoms with Gasteiger partial charge < -0.3 is 4.84 Å². The fourth-order valence-electron chi connectivity index (χ4n) is 1.31. The summed E-state index contributed by atoms with van der Waals surface area (Å²) >= 11 is 0. The van der Waals surface area contributed by atoms with Gasteiger partial charge in [0.1, 0.15) is 0 Å². The third kappa shape index (κ3) is 1.93. The van der Waals surface area contributed by atoms with Crippen molar-refractivity contribution in [1.82, 2.24) is 0 Å². The minimum atomic E-state index is -0.352. The van der Waals surface area contributed by atoms with Gasteiger partial charge in [0.05, 0.1) is 5.41 Å². The fraction of sp³-hybridized carbons (Fsp3) is 0.875. The molecule has 0 amide bonds. The third-order valence-corrected chi connectivity index (χ3v) is 2.57. The van der Waals surface area contributed by atoms with Crippen LogP contribution < -0.4 is 5.90 Å². The monoisotopic (exact) mass is 159 g/mol. The molecule has 0 bridgehead atoms. The smallest absolute Gasteiger partial charge is 0.330 e. The van der Waals surface area contributed by atoms with Crippen molar-refractivity contribution in [3.05, 3.63) is 0 Å². The molecule has 0 aliphatic rings. The molecule has 66 valence electrons. The predicted molar refractivity (Wildman–Crippen MR) is 43.6 cm³/mol. The van der Waals surface area contributed by atoms with Gasteiger partial charge in [-0.25, -0.2) is 4.79 Å². The lowest BCUT2D eigenvalue weighted by molar-refractivity contribution is -0.157. The van der Waals surface area contributed by atoms with Crippen LogP contribution in [-0.4, -0.2) is 5.97 Å². The quantitative estimate of drug-likeness (QED) is 0.634. The van der Waals surface area contributed by atoms with Gasteiger partial charge in [0.15, 0.2) is 0 Å². The molecule has 0 unspecified atom stereocenters. The zero-order chi connectivity index (χ0) is 8.91. The number of hydrogen-bond donors (Lipinski definition) is 1. The first kappa shape index (κ1) is 10.4. The van der Waals surface area contributed by atoms with E-state index < -0.39 is 0 Å². The molecular weight excluding hydrogens is 142 g/mol. The van der Waals surface area contributed by atoms with Crippen LogP contribution >= 0.6 is 0 Å². The van der Waals surface area contributed by atoms with E-state index in [-0.39, 0.29) is 11.4 Å². The summed E-state index contributed by atoms with van der Waals surface area (Å²) in [4.78, 5) is 15.4. The van der Waals surface area contributed by atoms with Crippen LogP contribution in [0.4, 0.5) is 0 Å². The first-order valence-corrected chi connectivity index (χ1v) is 4.08. The average Bonchev–Trinajstić information content (AvgIpc) is 2.08. The third-order valence-electron chi connectivity index (χ3n) is 2.57. The summed E-state index contributed by atoms with van der Waals surface area (Å²) in [6.07, 6.45) is 2.36. The van der Waals surface area contributed by atoms with Crippen LogP contribution in [0.5, 0.6) is 0 Å². The van der Waals surface area contributed by atoms with Crippen LogP contribution in [0.25, 0.3) is 0 Å². The molecule has 0 aromatic carbocycles. The van der Waals surface area contributed by atoms with Crippen molar-refractivity contribution in [1.29, 1.82) is 0 Å². The topological polar surface area (TPSA) is 52.3 Å². The standard InChI is InChI=1S/C8H17NO2/c1-4-8(5-2,6-3)7(10)11-9/h4-6,9H2,1-3H3. The molecular formula is C8H17NO2. The summed E-state index contributed by atoms with van der Waals surface area (Å²) in [5, 5.41) is 0. The molecule has 0 aromatic rings. The van der Waals surface area contributed by atoms with E-state index >= 15 is 0 Å². The average molecular weight is 159 g/mol. The fourth-order valence-corrected chi connectivity index (χ4v) is 1.31. The van der Waals surface area contributed by atoms with E-state index in [1.165, 1.54) is 0 Å². The Hall–Kier alpha value is -0.570. The molecule has 0 spiro atoms. The minimum absolute atomic E-state index is 0.287. The summed E-state index contributed by atoms with van der Waals surface area (Å²) in [6.45, 7) is 5.93. The zero-order valence-electron chi connectivity index (χ0n) is 7.52. The Morgan fingerprint density at radius 1 is 1.27 bits per heavy atom. The van der Waals surface area contributed by atoms with Crippen molar-refractivity contribution in [2.75, 3.05) is 0 Å². The summed E-state index contributed by atoms with van der Waals surface area (Å²) in [6, 6.07) is 0. The SMILES string of the molecule is CCC(CC)(CC)C(=O)ON. The highest BCUT2D eigenvalue weighted by Crippen LogP contribution is 2.31. The van der Waals surface area contributed by atoms with Gasteiger partial charge in [-0.05, 0) is 19.3 Å². The Balaban J connectivity index is 4.39. The molecule has 11 heavy (non-hydrogen) atoms. The molecule has 0 radical (unpaired) electrons. The Morgan fingerprint density at radius 2 is 1.64 bits per heavy atom. The van der Waals surface area contributed by atoms with Crippen LogP contribution in [0.2, 0.25) is 0 Å². The molecule has 3 nitrogen and oxygen atoms in total. The van der Waals surface area contributed by atoms with Crippen LogP contribution in [0, 0.1) is 5.41 Å². The molecule has 0 aliphatic carbocycles. The normalized spacial score (nSPS) is 11.3. The highest BCUT2D eigenvalue weighted by Gasteiger charge is 2.34. The van der Waals surface area contributed by atoms with Crippen LogP contribution in [0.1, 0.15) is 40.0 Å². The van der Waals surface area contributed by atoms with Crippen LogP contribution in [0.15, 0.2) is 0 Å². The van der Waals surface area contributed by atoms with Crippen molar-refractivity contribution in [3.63, 3.8) is 0 Å². The Morgan fingerprint density at radius 3 is 1.73 bits per heavy atom. The van der Waals surface area contributed by atoms with E-state index in [1.54, 1.807) is 0 Å². The summed E-state index contributed by atoms with van der Waals surface area (Å²) in [7, 11) is 0. The maximum atomic E-state index is 11.2. The van der Waals surface area contributed by atoms with Gasteiger partial charge in [-0.15, -0.1) is 0 Å². The first-order chi connectivity index (χ1) is 5.16. The van der Waals surface area contributed by atoms with E-state index in [2.05, 4.69) is 4.84 Å². The number of rotatable bonds is 4. The highest BCUT2D eigenvalue weighted by atomic mass is 16.7. The number of carbonyl (C=O) groups excluding carboxylic acids is 1. The highest BCUT2D eigenvalue weighted by molar-refractivity contribution is 5.76. The van der Waals surface area contributed by atoms with Crippen molar-refractivity contribution < 1.29 is 9.63 Å².